The molecule has 7 heteroatoms. The Morgan fingerprint density at radius 1 is 1.22 bits per heavy atom. The van der Waals surface area contributed by atoms with E-state index in [4.69, 9.17) is 21.1 Å². The first kappa shape index (κ1) is 20.3. The molecule has 0 aliphatic heterocycles. The van der Waals surface area contributed by atoms with Crippen LogP contribution in [0.4, 0.5) is 5.69 Å². The van der Waals surface area contributed by atoms with Crippen LogP contribution in [0.25, 0.3) is 6.08 Å². The molecule has 2 aromatic rings. The lowest BCUT2D eigenvalue weighted by Gasteiger charge is -2.12. The third kappa shape index (κ3) is 5.24. The average molecular weight is 389 g/mol. The Kier molecular flexibility index (Phi) is 7.25. The topological polar surface area (TPSA) is 76.7 Å². The van der Waals surface area contributed by atoms with Gasteiger partial charge in [-0.2, -0.15) is 0 Å². The lowest BCUT2D eigenvalue weighted by atomic mass is 10.1. The van der Waals surface area contributed by atoms with Gasteiger partial charge in [-0.15, -0.1) is 0 Å². The van der Waals surface area contributed by atoms with Gasteiger partial charge in [0.15, 0.2) is 11.5 Å². The van der Waals surface area contributed by atoms with Crippen molar-refractivity contribution in [3.05, 3.63) is 58.6 Å². The zero-order chi connectivity index (χ0) is 19.8. The number of rotatable bonds is 7. The number of benzene rings is 2. The van der Waals surface area contributed by atoms with Crippen LogP contribution in [0.15, 0.2) is 42.5 Å². The molecule has 27 heavy (non-hydrogen) atoms. The molecule has 2 rings (SSSR count). The van der Waals surface area contributed by atoms with Gasteiger partial charge in [0, 0.05) is 13.1 Å². The maximum Gasteiger partial charge on any atom is 0.253 e. The summed E-state index contributed by atoms with van der Waals surface area (Å²) in [5.41, 5.74) is 1.48. The highest BCUT2D eigenvalue weighted by atomic mass is 35.5. The van der Waals surface area contributed by atoms with Gasteiger partial charge in [-0.3, -0.25) is 9.59 Å². The van der Waals surface area contributed by atoms with Gasteiger partial charge in [-0.05, 0) is 42.8 Å². The Labute approximate surface area is 163 Å². The van der Waals surface area contributed by atoms with E-state index in [1.54, 1.807) is 42.5 Å². The van der Waals surface area contributed by atoms with Crippen molar-refractivity contribution in [2.75, 3.05) is 26.1 Å². The van der Waals surface area contributed by atoms with Crippen molar-refractivity contribution in [1.82, 2.24) is 5.32 Å². The van der Waals surface area contributed by atoms with Crippen molar-refractivity contribution in [3.63, 3.8) is 0 Å². The van der Waals surface area contributed by atoms with Crippen molar-refractivity contribution in [1.29, 1.82) is 0 Å². The summed E-state index contributed by atoms with van der Waals surface area (Å²) < 4.78 is 10.8. The Hall–Kier alpha value is -2.99. The molecule has 2 amide bonds. The van der Waals surface area contributed by atoms with Crippen LogP contribution in [-0.4, -0.2) is 32.6 Å². The second kappa shape index (κ2) is 9.64. The number of carbonyl (C=O) groups is 2. The molecule has 0 saturated heterocycles. The van der Waals surface area contributed by atoms with E-state index in [1.807, 2.05) is 6.92 Å². The minimum absolute atomic E-state index is 0.280. The highest BCUT2D eigenvalue weighted by Gasteiger charge is 2.12. The molecular formula is C20H21ClN2O4. The molecule has 0 heterocycles. The van der Waals surface area contributed by atoms with Gasteiger partial charge in [-0.1, -0.05) is 23.7 Å². The number of carbonyl (C=O) groups excluding carboxylic acids is 2. The predicted octanol–water partition coefficient (Wildman–Crippen LogP) is 3.76. The fraction of sp³-hybridized carbons (Fsp3) is 0.200. The fourth-order valence-corrected chi connectivity index (χ4v) is 2.67. The number of nitrogens with one attached hydrogen (secondary N) is 2. The van der Waals surface area contributed by atoms with E-state index in [2.05, 4.69) is 10.6 Å². The number of para-hydroxylation sites is 1. The molecule has 6 nitrogen and oxygen atoms in total. The van der Waals surface area contributed by atoms with Gasteiger partial charge < -0.3 is 20.1 Å². The smallest absolute Gasteiger partial charge is 0.253 e. The van der Waals surface area contributed by atoms with Gasteiger partial charge in [0.25, 0.3) is 5.91 Å². The van der Waals surface area contributed by atoms with Crippen LogP contribution in [0.2, 0.25) is 5.02 Å². The predicted molar refractivity (Wildman–Crippen MR) is 107 cm³/mol. The lowest BCUT2D eigenvalue weighted by molar-refractivity contribution is -0.111. The molecule has 0 fully saturated rings. The maximum atomic E-state index is 12.2. The Morgan fingerprint density at radius 3 is 2.63 bits per heavy atom. The highest BCUT2D eigenvalue weighted by molar-refractivity contribution is 6.32. The Morgan fingerprint density at radius 2 is 1.96 bits per heavy atom. The second-order valence-electron chi connectivity index (χ2n) is 5.41. The number of halogens is 1. The summed E-state index contributed by atoms with van der Waals surface area (Å²) in [5, 5.41) is 5.62. The minimum atomic E-state index is -0.379. The van der Waals surface area contributed by atoms with Crippen molar-refractivity contribution in [3.8, 4) is 11.5 Å². The number of anilines is 1. The van der Waals surface area contributed by atoms with Gasteiger partial charge in [-0.25, -0.2) is 0 Å². The van der Waals surface area contributed by atoms with E-state index in [9.17, 15) is 9.59 Å². The van der Waals surface area contributed by atoms with Crippen LogP contribution in [0.3, 0.4) is 0 Å². The normalized spacial score (nSPS) is 10.5. The Balaban J connectivity index is 2.18. The zero-order valence-corrected chi connectivity index (χ0v) is 16.1. The first-order valence-corrected chi connectivity index (χ1v) is 8.68. The first-order valence-electron chi connectivity index (χ1n) is 8.30. The molecular weight excluding hydrogens is 368 g/mol. The molecule has 0 bridgehead atoms. The standard InChI is InChI=1S/C20H21ClN2O4/c1-4-27-19-15(21)11-13(12-17(19)26-3)9-10-18(24)23-16-8-6-5-7-14(16)20(25)22-2/h5-12H,4H2,1-3H3,(H,22,25)(H,23,24)/b10-9+. The number of ether oxygens (including phenoxy) is 2. The summed E-state index contributed by atoms with van der Waals surface area (Å²) in [4.78, 5) is 24.1. The van der Waals surface area contributed by atoms with E-state index in [1.165, 1.54) is 20.2 Å². The molecule has 2 N–H and O–H groups in total. The fourth-order valence-electron chi connectivity index (χ4n) is 2.39. The summed E-state index contributed by atoms with van der Waals surface area (Å²) in [5.74, 6) is 0.283. The molecule has 0 aromatic heterocycles. The first-order chi connectivity index (χ1) is 13.0. The van der Waals surface area contributed by atoms with Crippen molar-refractivity contribution in [2.24, 2.45) is 0 Å². The maximum absolute atomic E-state index is 12.2. The molecule has 142 valence electrons. The van der Waals surface area contributed by atoms with Crippen LogP contribution in [0, 0.1) is 0 Å². The Bertz CT molecular complexity index is 865. The lowest BCUT2D eigenvalue weighted by Crippen LogP contribution is -2.20. The minimum Gasteiger partial charge on any atom is -0.493 e. The van der Waals surface area contributed by atoms with E-state index in [0.29, 0.717) is 39.9 Å². The van der Waals surface area contributed by atoms with Gasteiger partial charge in [0.2, 0.25) is 5.91 Å². The average Bonchev–Trinajstić information content (AvgIpc) is 2.68. The van der Waals surface area contributed by atoms with Gasteiger partial charge >= 0.3 is 0 Å². The molecule has 0 radical (unpaired) electrons. The highest BCUT2D eigenvalue weighted by Crippen LogP contribution is 2.36. The van der Waals surface area contributed by atoms with E-state index in [0.717, 1.165) is 0 Å². The summed E-state index contributed by atoms with van der Waals surface area (Å²) in [6.07, 6.45) is 2.95. The number of amides is 2. The van der Waals surface area contributed by atoms with Gasteiger partial charge in [0.05, 0.1) is 30.0 Å². The van der Waals surface area contributed by atoms with E-state index < -0.39 is 0 Å². The monoisotopic (exact) mass is 388 g/mol. The molecule has 0 atom stereocenters. The summed E-state index contributed by atoms with van der Waals surface area (Å²) in [6.45, 7) is 2.31. The number of hydrogen-bond acceptors (Lipinski definition) is 4. The number of hydrogen-bond donors (Lipinski definition) is 2. The van der Waals surface area contributed by atoms with Crippen molar-refractivity contribution < 1.29 is 19.1 Å². The van der Waals surface area contributed by atoms with E-state index in [-0.39, 0.29) is 11.8 Å². The van der Waals surface area contributed by atoms with E-state index >= 15 is 0 Å². The summed E-state index contributed by atoms with van der Waals surface area (Å²) in [6, 6.07) is 10.2. The molecule has 0 aliphatic rings. The molecule has 0 spiro atoms. The zero-order valence-electron chi connectivity index (χ0n) is 15.3. The summed E-state index contributed by atoms with van der Waals surface area (Å²) in [7, 11) is 3.05. The van der Waals surface area contributed by atoms with Crippen molar-refractivity contribution >= 4 is 35.2 Å². The quantitative estimate of drug-likeness (QED) is 0.708. The second-order valence-corrected chi connectivity index (χ2v) is 5.82. The molecule has 0 aliphatic carbocycles. The van der Waals surface area contributed by atoms with Gasteiger partial charge in [0.1, 0.15) is 0 Å². The van der Waals surface area contributed by atoms with Crippen LogP contribution in [0.5, 0.6) is 11.5 Å². The molecule has 0 saturated carbocycles. The molecule has 0 unspecified atom stereocenters. The third-order valence-corrected chi connectivity index (χ3v) is 3.90. The largest absolute Gasteiger partial charge is 0.493 e. The van der Waals surface area contributed by atoms with Crippen LogP contribution in [0.1, 0.15) is 22.8 Å². The number of methoxy groups -OCH3 is 1. The van der Waals surface area contributed by atoms with Crippen molar-refractivity contribution in [2.45, 2.75) is 6.92 Å². The third-order valence-electron chi connectivity index (χ3n) is 3.62. The molecule has 2 aromatic carbocycles. The van der Waals surface area contributed by atoms with Crippen LogP contribution >= 0.6 is 11.6 Å². The van der Waals surface area contributed by atoms with Crippen LogP contribution in [-0.2, 0) is 4.79 Å². The van der Waals surface area contributed by atoms with Crippen LogP contribution < -0.4 is 20.1 Å². The summed E-state index contributed by atoms with van der Waals surface area (Å²) >= 11 is 6.22. The SMILES string of the molecule is CCOc1c(Cl)cc(/C=C/C(=O)Nc2ccccc2C(=O)NC)cc1OC.